The molecule has 0 spiro atoms. The fraction of sp³-hybridized carbons (Fsp3) is 0.850. The highest BCUT2D eigenvalue weighted by molar-refractivity contribution is 5.80. The van der Waals surface area contributed by atoms with Gasteiger partial charge in [0.15, 0.2) is 0 Å². The second-order valence-corrected chi connectivity index (χ2v) is 7.08. The molecule has 0 aromatic rings. The number of hydrogen-bond donors (Lipinski definition) is 2. The first-order chi connectivity index (χ1) is 11.9. The molecular formula is C20H36O5. The van der Waals surface area contributed by atoms with Crippen LogP contribution in [-0.4, -0.2) is 27.9 Å². The van der Waals surface area contributed by atoms with E-state index in [2.05, 4.69) is 0 Å². The third kappa shape index (κ3) is 17.2. The van der Waals surface area contributed by atoms with Crippen LogP contribution in [0.3, 0.4) is 0 Å². The monoisotopic (exact) mass is 356 g/mol. The molecule has 0 aliphatic heterocycles. The Kier molecular flexibility index (Phi) is 15.2. The van der Waals surface area contributed by atoms with Crippen molar-refractivity contribution in [2.45, 2.75) is 103 Å². The number of ketones is 1. The number of aliphatic carboxylic acids is 2. The van der Waals surface area contributed by atoms with Crippen LogP contribution in [0.2, 0.25) is 0 Å². The average Bonchev–Trinajstić information content (AvgIpc) is 2.55. The lowest BCUT2D eigenvalue weighted by atomic mass is 9.94. The van der Waals surface area contributed by atoms with E-state index in [0.717, 1.165) is 77.0 Å². The summed E-state index contributed by atoms with van der Waals surface area (Å²) in [5, 5.41) is 17.1. The zero-order chi connectivity index (χ0) is 18.9. The van der Waals surface area contributed by atoms with E-state index < -0.39 is 11.9 Å². The molecule has 0 heterocycles. The third-order valence-electron chi connectivity index (χ3n) is 4.64. The molecule has 1 unspecified atom stereocenters. The number of unbranched alkanes of at least 4 members (excludes halogenated alkanes) is 9. The van der Waals surface area contributed by atoms with Gasteiger partial charge in [-0.3, -0.25) is 14.4 Å². The highest BCUT2D eigenvalue weighted by atomic mass is 16.4. The molecule has 0 saturated carbocycles. The molecule has 0 saturated heterocycles. The third-order valence-corrected chi connectivity index (χ3v) is 4.64. The minimum Gasteiger partial charge on any atom is -0.481 e. The molecule has 0 aliphatic carbocycles. The normalized spacial score (nSPS) is 12.0. The van der Waals surface area contributed by atoms with E-state index in [1.807, 2.05) is 6.92 Å². The number of carbonyl (C=O) groups excluding carboxylic acids is 1. The van der Waals surface area contributed by atoms with Gasteiger partial charge < -0.3 is 10.2 Å². The van der Waals surface area contributed by atoms with Crippen LogP contribution in [0.4, 0.5) is 0 Å². The fourth-order valence-corrected chi connectivity index (χ4v) is 2.95. The average molecular weight is 357 g/mol. The van der Waals surface area contributed by atoms with Crippen molar-refractivity contribution in [3.05, 3.63) is 0 Å². The van der Waals surface area contributed by atoms with Crippen molar-refractivity contribution in [1.29, 1.82) is 0 Å². The second kappa shape index (κ2) is 16.1. The van der Waals surface area contributed by atoms with Gasteiger partial charge in [0, 0.05) is 25.2 Å². The molecule has 5 nitrogen and oxygen atoms in total. The van der Waals surface area contributed by atoms with Crippen molar-refractivity contribution in [3.63, 3.8) is 0 Å². The number of carboxylic acids is 2. The summed E-state index contributed by atoms with van der Waals surface area (Å²) in [5.41, 5.74) is 0. The van der Waals surface area contributed by atoms with E-state index in [-0.39, 0.29) is 18.8 Å². The fourth-order valence-electron chi connectivity index (χ4n) is 2.95. The highest BCUT2D eigenvalue weighted by Crippen LogP contribution is 2.16. The van der Waals surface area contributed by atoms with E-state index in [4.69, 9.17) is 10.2 Å². The summed E-state index contributed by atoms with van der Waals surface area (Å²) in [6.45, 7) is 2.01. The van der Waals surface area contributed by atoms with Gasteiger partial charge >= 0.3 is 11.9 Å². The molecule has 1 atom stereocenters. The van der Waals surface area contributed by atoms with Gasteiger partial charge in [-0.15, -0.1) is 0 Å². The summed E-state index contributed by atoms with van der Waals surface area (Å²) >= 11 is 0. The number of carbonyl (C=O) groups is 3. The zero-order valence-electron chi connectivity index (χ0n) is 15.8. The van der Waals surface area contributed by atoms with E-state index >= 15 is 0 Å². The minimum atomic E-state index is -0.723. The van der Waals surface area contributed by atoms with Crippen LogP contribution >= 0.6 is 0 Å². The molecule has 25 heavy (non-hydrogen) atoms. The van der Waals surface area contributed by atoms with Gasteiger partial charge in [-0.25, -0.2) is 0 Å². The molecule has 0 aliphatic rings. The summed E-state index contributed by atoms with van der Waals surface area (Å²) in [4.78, 5) is 32.8. The maximum Gasteiger partial charge on any atom is 0.303 e. The van der Waals surface area contributed by atoms with Crippen molar-refractivity contribution in [2.24, 2.45) is 5.92 Å². The molecule has 0 bridgehead atoms. The summed E-state index contributed by atoms with van der Waals surface area (Å²) in [6, 6.07) is 0. The number of Topliss-reactive ketones (excluding diaryl/α,β-unsaturated/α-hetero) is 1. The summed E-state index contributed by atoms with van der Waals surface area (Å²) in [7, 11) is 0. The molecule has 0 fully saturated rings. The van der Waals surface area contributed by atoms with Crippen LogP contribution in [-0.2, 0) is 14.4 Å². The quantitative estimate of drug-likeness (QED) is 0.329. The van der Waals surface area contributed by atoms with Crippen molar-refractivity contribution < 1.29 is 24.6 Å². The first-order valence-electron chi connectivity index (χ1n) is 9.89. The number of carboxylic acid groups (broad SMARTS) is 2. The van der Waals surface area contributed by atoms with Gasteiger partial charge in [0.05, 0.1) is 0 Å². The summed E-state index contributed by atoms with van der Waals surface area (Å²) in [5.74, 6) is -0.953. The van der Waals surface area contributed by atoms with Crippen LogP contribution in [0, 0.1) is 5.92 Å². The predicted octanol–water partition coefficient (Wildman–Crippen LogP) is 5.21. The Balaban J connectivity index is 3.41. The lowest BCUT2D eigenvalue weighted by Gasteiger charge is -2.10. The van der Waals surface area contributed by atoms with Crippen LogP contribution in [0.25, 0.3) is 0 Å². The van der Waals surface area contributed by atoms with Gasteiger partial charge in [-0.1, -0.05) is 58.3 Å². The molecular weight excluding hydrogens is 320 g/mol. The van der Waals surface area contributed by atoms with Gasteiger partial charge in [-0.05, 0) is 25.7 Å². The predicted molar refractivity (Wildman–Crippen MR) is 98.7 cm³/mol. The van der Waals surface area contributed by atoms with Gasteiger partial charge in [0.1, 0.15) is 5.78 Å². The summed E-state index contributed by atoms with van der Waals surface area (Å²) < 4.78 is 0. The number of rotatable bonds is 18. The van der Waals surface area contributed by atoms with Crippen molar-refractivity contribution >= 4 is 17.7 Å². The molecule has 0 rings (SSSR count). The van der Waals surface area contributed by atoms with Gasteiger partial charge in [-0.2, -0.15) is 0 Å². The maximum atomic E-state index is 12.1. The van der Waals surface area contributed by atoms with Gasteiger partial charge in [0.2, 0.25) is 0 Å². The molecule has 5 heteroatoms. The Morgan fingerprint density at radius 3 is 1.40 bits per heavy atom. The smallest absolute Gasteiger partial charge is 0.303 e. The molecule has 2 N–H and O–H groups in total. The molecule has 0 amide bonds. The van der Waals surface area contributed by atoms with E-state index in [1.54, 1.807) is 0 Å². The zero-order valence-corrected chi connectivity index (χ0v) is 15.8. The molecule has 0 aromatic carbocycles. The largest absolute Gasteiger partial charge is 0.481 e. The topological polar surface area (TPSA) is 91.7 Å². The highest BCUT2D eigenvalue weighted by Gasteiger charge is 2.11. The Labute approximate surface area is 152 Å². The van der Waals surface area contributed by atoms with Crippen LogP contribution in [0.15, 0.2) is 0 Å². The Bertz CT molecular complexity index is 378. The first kappa shape index (κ1) is 23.6. The Morgan fingerprint density at radius 2 is 0.960 bits per heavy atom. The summed E-state index contributed by atoms with van der Waals surface area (Å²) in [6.07, 6.45) is 12.8. The standard InChI is InChI=1S/C20H36O5/c1-17(13-9-5-4-8-12-16-20(24)25)18(21)14-10-6-2-3-7-11-15-19(22)23/h17H,2-16H2,1H3,(H,22,23)(H,24,25). The van der Waals surface area contributed by atoms with Crippen LogP contribution in [0.5, 0.6) is 0 Å². The molecule has 146 valence electrons. The van der Waals surface area contributed by atoms with Crippen molar-refractivity contribution in [3.8, 4) is 0 Å². The number of hydrogen-bond acceptors (Lipinski definition) is 3. The van der Waals surface area contributed by atoms with Crippen molar-refractivity contribution in [2.75, 3.05) is 0 Å². The van der Waals surface area contributed by atoms with E-state index in [9.17, 15) is 14.4 Å². The Morgan fingerprint density at radius 1 is 0.600 bits per heavy atom. The lowest BCUT2D eigenvalue weighted by Crippen LogP contribution is -2.10. The SMILES string of the molecule is CC(CCCCCCCC(=O)O)C(=O)CCCCCCCCC(=O)O. The van der Waals surface area contributed by atoms with Crippen LogP contribution < -0.4 is 0 Å². The maximum absolute atomic E-state index is 12.1. The van der Waals surface area contributed by atoms with Gasteiger partial charge in [0.25, 0.3) is 0 Å². The lowest BCUT2D eigenvalue weighted by molar-refractivity contribution is -0.138. The van der Waals surface area contributed by atoms with E-state index in [0.29, 0.717) is 12.2 Å². The molecule has 0 radical (unpaired) electrons. The first-order valence-corrected chi connectivity index (χ1v) is 9.89. The molecule has 0 aromatic heterocycles. The Hall–Kier alpha value is -1.39. The minimum absolute atomic E-state index is 0.134. The second-order valence-electron chi connectivity index (χ2n) is 7.08. The van der Waals surface area contributed by atoms with E-state index in [1.165, 1.54) is 0 Å². The van der Waals surface area contributed by atoms with Crippen LogP contribution in [0.1, 0.15) is 103 Å². The van der Waals surface area contributed by atoms with Crippen molar-refractivity contribution in [1.82, 2.24) is 0 Å².